The molecule has 132 valence electrons. The van der Waals surface area contributed by atoms with Gasteiger partial charge >= 0.3 is 0 Å². The van der Waals surface area contributed by atoms with E-state index >= 15 is 0 Å². The van der Waals surface area contributed by atoms with Crippen molar-refractivity contribution in [2.75, 3.05) is 0 Å². The van der Waals surface area contributed by atoms with Crippen LogP contribution in [0.15, 0.2) is 67.1 Å². The van der Waals surface area contributed by atoms with Crippen molar-refractivity contribution in [3.05, 3.63) is 78.5 Å². The average molecular weight is 363 g/mol. The highest BCUT2D eigenvalue weighted by atomic mass is 32.1. The Labute approximate surface area is 158 Å². The summed E-state index contributed by atoms with van der Waals surface area (Å²) in [7, 11) is 0. The highest BCUT2D eigenvalue weighted by molar-refractivity contribution is 7.80. The van der Waals surface area contributed by atoms with E-state index in [1.54, 1.807) is 0 Å². The molecule has 2 atom stereocenters. The zero-order chi connectivity index (χ0) is 18.1. The van der Waals surface area contributed by atoms with Crippen LogP contribution in [0, 0.1) is 0 Å². The summed E-state index contributed by atoms with van der Waals surface area (Å²) in [4.78, 5) is 11.3. The van der Waals surface area contributed by atoms with Crippen LogP contribution in [0.2, 0.25) is 0 Å². The van der Waals surface area contributed by atoms with E-state index in [1.807, 2.05) is 55.0 Å². The molecule has 26 heavy (non-hydrogen) atoms. The van der Waals surface area contributed by atoms with Crippen LogP contribution in [0.25, 0.3) is 5.82 Å². The molecule has 0 amide bonds. The topological polar surface area (TPSA) is 46.0 Å². The molecule has 4 heterocycles. The number of hydrogen-bond acceptors (Lipinski definition) is 3. The van der Waals surface area contributed by atoms with Crippen molar-refractivity contribution in [3.8, 4) is 5.82 Å². The summed E-state index contributed by atoms with van der Waals surface area (Å²) in [5.41, 5.74) is 2.12. The molecule has 0 aromatic carbocycles. The lowest BCUT2D eigenvalue weighted by Gasteiger charge is -2.31. The van der Waals surface area contributed by atoms with Crippen LogP contribution in [0.5, 0.6) is 0 Å². The number of pyridine rings is 2. The first-order chi connectivity index (χ1) is 12.7. The fourth-order valence-electron chi connectivity index (χ4n) is 3.58. The molecule has 3 aromatic heterocycles. The second-order valence-electron chi connectivity index (χ2n) is 6.62. The maximum absolute atomic E-state index is 5.67. The van der Waals surface area contributed by atoms with Gasteiger partial charge in [-0.3, -0.25) is 4.98 Å². The van der Waals surface area contributed by atoms with Gasteiger partial charge in [0, 0.05) is 30.3 Å². The SMILES string of the molecule is CC(C)N1C(=S)N[C@@H](c2ccccn2)[C@@H]1c1cccn1-c1ccccn1. The molecule has 1 aliphatic heterocycles. The van der Waals surface area contributed by atoms with Crippen molar-refractivity contribution in [1.82, 2.24) is 24.8 Å². The Kier molecular flexibility index (Phi) is 4.42. The van der Waals surface area contributed by atoms with Crippen LogP contribution < -0.4 is 5.32 Å². The zero-order valence-corrected chi connectivity index (χ0v) is 15.6. The lowest BCUT2D eigenvalue weighted by Crippen LogP contribution is -2.36. The fraction of sp³-hybridized carbons (Fsp3) is 0.250. The van der Waals surface area contributed by atoms with Gasteiger partial charge in [-0.2, -0.15) is 0 Å². The van der Waals surface area contributed by atoms with E-state index in [9.17, 15) is 0 Å². The monoisotopic (exact) mass is 363 g/mol. The van der Waals surface area contributed by atoms with E-state index in [1.165, 1.54) is 0 Å². The van der Waals surface area contributed by atoms with Gasteiger partial charge in [0.25, 0.3) is 0 Å². The third kappa shape index (κ3) is 2.86. The Hall–Kier alpha value is -2.73. The molecule has 0 unspecified atom stereocenters. The van der Waals surface area contributed by atoms with E-state index in [0.29, 0.717) is 0 Å². The van der Waals surface area contributed by atoms with Crippen LogP contribution in [0.1, 0.15) is 37.3 Å². The van der Waals surface area contributed by atoms with E-state index in [4.69, 9.17) is 12.2 Å². The van der Waals surface area contributed by atoms with Crippen molar-refractivity contribution < 1.29 is 0 Å². The molecule has 1 fully saturated rings. The lowest BCUT2D eigenvalue weighted by atomic mass is 10.0. The van der Waals surface area contributed by atoms with Gasteiger partial charge in [0.2, 0.25) is 0 Å². The minimum absolute atomic E-state index is 0.0107. The molecule has 1 saturated heterocycles. The van der Waals surface area contributed by atoms with Crippen molar-refractivity contribution in [3.63, 3.8) is 0 Å². The van der Waals surface area contributed by atoms with Crippen molar-refractivity contribution in [2.45, 2.75) is 32.0 Å². The number of rotatable bonds is 4. The van der Waals surface area contributed by atoms with E-state index < -0.39 is 0 Å². The Bertz CT molecular complexity index is 891. The van der Waals surface area contributed by atoms with Gasteiger partial charge in [0.1, 0.15) is 5.82 Å². The number of nitrogens with zero attached hydrogens (tertiary/aromatic N) is 4. The standard InChI is InChI=1S/C20H21N5S/c1-14(2)25-19(18(23-20(25)26)15-8-3-5-11-21-15)16-9-7-13-24(16)17-10-4-6-12-22-17/h3-14,18-19H,1-2H3,(H,23,26)/t18-,19-/m0/s1. The summed E-state index contributed by atoms with van der Waals surface area (Å²) < 4.78 is 2.13. The minimum Gasteiger partial charge on any atom is -0.352 e. The maximum atomic E-state index is 5.67. The van der Waals surface area contributed by atoms with Crippen molar-refractivity contribution in [2.24, 2.45) is 0 Å². The van der Waals surface area contributed by atoms with Gasteiger partial charge in [-0.15, -0.1) is 0 Å². The summed E-state index contributed by atoms with van der Waals surface area (Å²) in [5.74, 6) is 0.897. The van der Waals surface area contributed by atoms with E-state index in [2.05, 4.69) is 50.7 Å². The Morgan fingerprint density at radius 1 is 1.00 bits per heavy atom. The number of thiocarbonyl (C=S) groups is 1. The summed E-state index contributed by atoms with van der Waals surface area (Å²) in [5, 5.41) is 4.24. The predicted molar refractivity (Wildman–Crippen MR) is 106 cm³/mol. The first kappa shape index (κ1) is 16.7. The predicted octanol–water partition coefficient (Wildman–Crippen LogP) is 3.65. The molecule has 5 nitrogen and oxygen atoms in total. The molecular weight excluding hydrogens is 342 g/mol. The van der Waals surface area contributed by atoms with Gasteiger partial charge in [0.15, 0.2) is 5.11 Å². The normalized spacial score (nSPS) is 19.8. The molecule has 1 N–H and O–H groups in total. The summed E-state index contributed by atoms with van der Waals surface area (Å²) in [6.45, 7) is 4.33. The first-order valence-electron chi connectivity index (χ1n) is 8.75. The van der Waals surface area contributed by atoms with Crippen molar-refractivity contribution in [1.29, 1.82) is 0 Å². The molecule has 1 aliphatic rings. The van der Waals surface area contributed by atoms with Crippen LogP contribution in [0.4, 0.5) is 0 Å². The van der Waals surface area contributed by atoms with Gasteiger partial charge in [-0.25, -0.2) is 4.98 Å². The highest BCUT2D eigenvalue weighted by Crippen LogP contribution is 2.40. The van der Waals surface area contributed by atoms with Gasteiger partial charge in [-0.1, -0.05) is 12.1 Å². The van der Waals surface area contributed by atoms with E-state index in [0.717, 1.165) is 22.3 Å². The van der Waals surface area contributed by atoms with Crippen LogP contribution in [0.3, 0.4) is 0 Å². The second-order valence-corrected chi connectivity index (χ2v) is 7.01. The maximum Gasteiger partial charge on any atom is 0.170 e. The quantitative estimate of drug-likeness (QED) is 0.717. The average Bonchev–Trinajstić information content (AvgIpc) is 3.27. The summed E-state index contributed by atoms with van der Waals surface area (Å²) in [6.07, 6.45) is 5.69. The smallest absolute Gasteiger partial charge is 0.170 e. The molecule has 0 spiro atoms. The van der Waals surface area contributed by atoms with E-state index in [-0.39, 0.29) is 18.1 Å². The van der Waals surface area contributed by atoms with Crippen LogP contribution in [-0.2, 0) is 0 Å². The largest absolute Gasteiger partial charge is 0.352 e. The van der Waals surface area contributed by atoms with Gasteiger partial charge in [0.05, 0.1) is 17.8 Å². The van der Waals surface area contributed by atoms with Gasteiger partial charge < -0.3 is 14.8 Å². The Balaban J connectivity index is 1.83. The molecule has 0 radical (unpaired) electrons. The molecule has 0 aliphatic carbocycles. The van der Waals surface area contributed by atoms with Crippen LogP contribution in [-0.4, -0.2) is 30.6 Å². The highest BCUT2D eigenvalue weighted by Gasteiger charge is 2.42. The van der Waals surface area contributed by atoms with Gasteiger partial charge in [-0.05, 0) is 62.5 Å². The third-order valence-electron chi connectivity index (χ3n) is 4.67. The fourth-order valence-corrected chi connectivity index (χ4v) is 4.03. The minimum atomic E-state index is -0.0107. The number of aromatic nitrogens is 3. The molecule has 6 heteroatoms. The zero-order valence-electron chi connectivity index (χ0n) is 14.8. The molecular formula is C20H21N5S. The Morgan fingerprint density at radius 2 is 1.77 bits per heavy atom. The second kappa shape index (κ2) is 6.88. The number of hydrogen-bond donors (Lipinski definition) is 1. The lowest BCUT2D eigenvalue weighted by molar-refractivity contribution is 0.262. The summed E-state index contributed by atoms with van der Waals surface area (Å²) >= 11 is 5.67. The molecule has 3 aromatic rings. The first-order valence-corrected chi connectivity index (χ1v) is 9.16. The third-order valence-corrected chi connectivity index (χ3v) is 5.00. The van der Waals surface area contributed by atoms with Crippen molar-refractivity contribution >= 4 is 17.3 Å². The summed E-state index contributed by atoms with van der Waals surface area (Å²) in [6, 6.07) is 16.4. The van der Waals surface area contributed by atoms with Crippen LogP contribution >= 0.6 is 12.2 Å². The Morgan fingerprint density at radius 3 is 2.42 bits per heavy atom. The molecule has 4 rings (SSSR count). The molecule has 0 bridgehead atoms. The number of nitrogens with one attached hydrogen (secondary N) is 1. The molecule has 0 saturated carbocycles.